The van der Waals surface area contributed by atoms with E-state index >= 15 is 0 Å². The number of carboxylic acid groups (broad SMARTS) is 1. The number of aromatic nitrogens is 2. The van der Waals surface area contributed by atoms with Gasteiger partial charge in [0.2, 0.25) is 0 Å². The van der Waals surface area contributed by atoms with E-state index in [2.05, 4.69) is 20.6 Å². The molecule has 1 heterocycles. The van der Waals surface area contributed by atoms with Crippen molar-refractivity contribution in [2.24, 2.45) is 5.92 Å². The fourth-order valence-corrected chi connectivity index (χ4v) is 1.67. The first-order valence-electron chi connectivity index (χ1n) is 6.35. The fourth-order valence-electron chi connectivity index (χ4n) is 1.67. The molecule has 2 amide bonds. The molecule has 0 fully saturated rings. The van der Waals surface area contributed by atoms with Gasteiger partial charge in [-0.15, -0.1) is 0 Å². The molecule has 19 heavy (non-hydrogen) atoms. The maximum atomic E-state index is 11.5. The molecule has 1 aromatic heterocycles. The first kappa shape index (κ1) is 15.0. The van der Waals surface area contributed by atoms with E-state index in [0.717, 1.165) is 12.1 Å². The van der Waals surface area contributed by atoms with Crippen molar-refractivity contribution < 1.29 is 14.7 Å². The van der Waals surface area contributed by atoms with Gasteiger partial charge in [0.15, 0.2) is 0 Å². The number of aromatic amines is 1. The highest BCUT2D eigenvalue weighted by atomic mass is 16.4. The molecule has 1 aromatic rings. The first-order valence-corrected chi connectivity index (χ1v) is 6.35. The van der Waals surface area contributed by atoms with E-state index in [9.17, 15) is 9.59 Å². The van der Waals surface area contributed by atoms with E-state index in [4.69, 9.17) is 5.11 Å². The van der Waals surface area contributed by atoms with Gasteiger partial charge >= 0.3 is 12.0 Å². The quantitative estimate of drug-likeness (QED) is 0.558. The highest BCUT2D eigenvalue weighted by Crippen LogP contribution is 2.04. The molecule has 0 spiro atoms. The van der Waals surface area contributed by atoms with Gasteiger partial charge < -0.3 is 20.7 Å². The summed E-state index contributed by atoms with van der Waals surface area (Å²) in [7, 11) is 0. The number of rotatable bonds is 8. The summed E-state index contributed by atoms with van der Waals surface area (Å²) in [5.41, 5.74) is 0.940. The van der Waals surface area contributed by atoms with Crippen molar-refractivity contribution in [3.8, 4) is 0 Å². The zero-order valence-corrected chi connectivity index (χ0v) is 11.0. The topological polar surface area (TPSA) is 107 Å². The molecule has 0 bridgehead atoms. The van der Waals surface area contributed by atoms with Gasteiger partial charge in [0.25, 0.3) is 0 Å². The first-order chi connectivity index (χ1) is 9.13. The van der Waals surface area contributed by atoms with Crippen LogP contribution >= 0.6 is 0 Å². The summed E-state index contributed by atoms with van der Waals surface area (Å²) in [5, 5.41) is 14.2. The molecule has 4 N–H and O–H groups in total. The molecule has 0 aliphatic heterocycles. The molecule has 7 heteroatoms. The van der Waals surface area contributed by atoms with Crippen LogP contribution in [0.3, 0.4) is 0 Å². The second-order valence-corrected chi connectivity index (χ2v) is 4.29. The Bertz CT molecular complexity index is 392. The molecule has 7 nitrogen and oxygen atoms in total. The van der Waals surface area contributed by atoms with E-state index in [1.807, 2.05) is 6.92 Å². The highest BCUT2D eigenvalue weighted by Gasteiger charge is 2.16. The Labute approximate surface area is 111 Å². The van der Waals surface area contributed by atoms with Crippen LogP contribution in [0.4, 0.5) is 4.79 Å². The van der Waals surface area contributed by atoms with Crippen LogP contribution in [0.15, 0.2) is 12.5 Å². The Morgan fingerprint density at radius 2 is 2.26 bits per heavy atom. The highest BCUT2D eigenvalue weighted by molar-refractivity contribution is 5.75. The number of imidazole rings is 1. The molecular weight excluding hydrogens is 248 g/mol. The average Bonchev–Trinajstić information content (AvgIpc) is 2.87. The Balaban J connectivity index is 2.17. The molecule has 0 aliphatic carbocycles. The number of nitrogens with one attached hydrogen (secondary N) is 3. The van der Waals surface area contributed by atoms with Crippen LogP contribution in [0.5, 0.6) is 0 Å². The lowest BCUT2D eigenvalue weighted by Crippen LogP contribution is -2.40. The fraction of sp³-hybridized carbons (Fsp3) is 0.583. The molecule has 0 saturated carbocycles. The van der Waals surface area contributed by atoms with Gasteiger partial charge in [-0.1, -0.05) is 13.3 Å². The minimum atomic E-state index is -0.875. The van der Waals surface area contributed by atoms with Crippen molar-refractivity contribution in [1.29, 1.82) is 0 Å². The largest absolute Gasteiger partial charge is 0.481 e. The number of carboxylic acids is 1. The van der Waals surface area contributed by atoms with Gasteiger partial charge in [-0.25, -0.2) is 9.78 Å². The average molecular weight is 268 g/mol. The molecule has 1 atom stereocenters. The normalized spacial score (nSPS) is 11.8. The Morgan fingerprint density at radius 3 is 2.84 bits per heavy atom. The molecular formula is C12H20N4O3. The maximum Gasteiger partial charge on any atom is 0.314 e. The summed E-state index contributed by atoms with van der Waals surface area (Å²) >= 11 is 0. The van der Waals surface area contributed by atoms with Gasteiger partial charge in [0.1, 0.15) is 0 Å². The molecule has 0 radical (unpaired) electrons. The second kappa shape index (κ2) is 8.12. The zero-order chi connectivity index (χ0) is 14.1. The summed E-state index contributed by atoms with van der Waals surface area (Å²) in [6.07, 6.45) is 5.27. The van der Waals surface area contributed by atoms with E-state index in [0.29, 0.717) is 19.4 Å². The lowest BCUT2D eigenvalue weighted by Gasteiger charge is -2.12. The van der Waals surface area contributed by atoms with E-state index in [1.54, 1.807) is 12.5 Å². The molecule has 1 unspecified atom stereocenters. The number of carbonyl (C=O) groups excluding carboxylic acids is 1. The van der Waals surface area contributed by atoms with Crippen LogP contribution in [0.25, 0.3) is 0 Å². The van der Waals surface area contributed by atoms with E-state index in [1.165, 1.54) is 0 Å². The number of carbonyl (C=O) groups is 2. The Morgan fingerprint density at radius 1 is 1.47 bits per heavy atom. The zero-order valence-electron chi connectivity index (χ0n) is 11.0. The standard InChI is InChI=1S/C12H20N4O3/c1-2-3-9(11(17)18)6-15-12(19)14-5-4-10-7-13-8-16-10/h7-9H,2-6H2,1H3,(H,13,16)(H,17,18)(H2,14,15,19). The van der Waals surface area contributed by atoms with Crippen LogP contribution in [-0.2, 0) is 11.2 Å². The van der Waals surface area contributed by atoms with Gasteiger partial charge in [0, 0.05) is 31.4 Å². The second-order valence-electron chi connectivity index (χ2n) is 4.29. The van der Waals surface area contributed by atoms with Gasteiger partial charge in [0.05, 0.1) is 12.2 Å². The number of aliphatic carboxylic acids is 1. The van der Waals surface area contributed by atoms with Crippen molar-refractivity contribution in [3.05, 3.63) is 18.2 Å². The lowest BCUT2D eigenvalue weighted by atomic mass is 10.0. The number of hydrogen-bond donors (Lipinski definition) is 4. The Kier molecular flexibility index (Phi) is 6.42. The van der Waals surface area contributed by atoms with Crippen molar-refractivity contribution >= 4 is 12.0 Å². The van der Waals surface area contributed by atoms with Crippen LogP contribution < -0.4 is 10.6 Å². The summed E-state index contributed by atoms with van der Waals surface area (Å²) in [6, 6.07) is -0.345. The summed E-state index contributed by atoms with van der Waals surface area (Å²) in [5.74, 6) is -1.40. The number of nitrogens with zero attached hydrogens (tertiary/aromatic N) is 1. The van der Waals surface area contributed by atoms with Crippen molar-refractivity contribution in [3.63, 3.8) is 0 Å². The SMILES string of the molecule is CCCC(CNC(=O)NCCc1cnc[nH]1)C(=O)O. The molecule has 0 aliphatic rings. The van der Waals surface area contributed by atoms with Crippen LogP contribution in [-0.4, -0.2) is 40.2 Å². The lowest BCUT2D eigenvalue weighted by molar-refractivity contribution is -0.141. The Hall–Kier alpha value is -2.05. The van der Waals surface area contributed by atoms with E-state index in [-0.39, 0.29) is 12.6 Å². The van der Waals surface area contributed by atoms with E-state index < -0.39 is 11.9 Å². The number of urea groups is 1. The minimum Gasteiger partial charge on any atom is -0.481 e. The number of hydrogen-bond acceptors (Lipinski definition) is 3. The smallest absolute Gasteiger partial charge is 0.314 e. The van der Waals surface area contributed by atoms with Crippen LogP contribution in [0, 0.1) is 5.92 Å². The number of H-pyrrole nitrogens is 1. The summed E-state index contributed by atoms with van der Waals surface area (Å²) < 4.78 is 0. The van der Waals surface area contributed by atoms with Crippen molar-refractivity contribution in [2.75, 3.05) is 13.1 Å². The molecule has 0 saturated heterocycles. The van der Waals surface area contributed by atoms with Gasteiger partial charge in [-0.05, 0) is 6.42 Å². The monoisotopic (exact) mass is 268 g/mol. The van der Waals surface area contributed by atoms with Crippen LogP contribution in [0.1, 0.15) is 25.5 Å². The third-order valence-corrected chi connectivity index (χ3v) is 2.73. The third kappa shape index (κ3) is 5.89. The minimum absolute atomic E-state index is 0.152. The van der Waals surface area contributed by atoms with Crippen molar-refractivity contribution in [1.82, 2.24) is 20.6 Å². The molecule has 0 aromatic carbocycles. The predicted octanol–water partition coefficient (Wildman–Crippen LogP) is 0.752. The summed E-state index contributed by atoms with van der Waals surface area (Å²) in [4.78, 5) is 29.2. The molecule has 1 rings (SSSR count). The predicted molar refractivity (Wildman–Crippen MR) is 69.7 cm³/mol. The van der Waals surface area contributed by atoms with Crippen LogP contribution in [0.2, 0.25) is 0 Å². The van der Waals surface area contributed by atoms with Crippen molar-refractivity contribution in [2.45, 2.75) is 26.2 Å². The van der Waals surface area contributed by atoms with Gasteiger partial charge in [-0.2, -0.15) is 0 Å². The van der Waals surface area contributed by atoms with Gasteiger partial charge in [-0.3, -0.25) is 4.79 Å². The molecule has 106 valence electrons. The maximum absolute atomic E-state index is 11.5. The summed E-state index contributed by atoms with van der Waals surface area (Å²) in [6.45, 7) is 2.54. The third-order valence-electron chi connectivity index (χ3n) is 2.73. The number of amides is 2.